The van der Waals surface area contributed by atoms with Gasteiger partial charge in [-0.1, -0.05) is 17.7 Å². The Hall–Kier alpha value is -1.13. The lowest BCUT2D eigenvalue weighted by atomic mass is 10.3. The monoisotopic (exact) mass is 226 g/mol. The number of rotatable bonds is 1. The minimum Gasteiger partial charge on any atom is -0.378 e. The number of aromatic nitrogens is 1. The summed E-state index contributed by atoms with van der Waals surface area (Å²) in [5, 5.41) is 0.342. The van der Waals surface area contributed by atoms with Crippen LogP contribution in [0.2, 0.25) is 5.15 Å². The summed E-state index contributed by atoms with van der Waals surface area (Å²) in [5.41, 5.74) is 0.393. The second-order valence-corrected chi connectivity index (χ2v) is 3.64. The lowest BCUT2D eigenvalue weighted by Gasteiger charge is -2.26. The largest absolute Gasteiger partial charge is 0.378 e. The van der Waals surface area contributed by atoms with Crippen LogP contribution in [0.4, 0.5) is 0 Å². The van der Waals surface area contributed by atoms with Crippen LogP contribution in [0.3, 0.4) is 0 Å². The van der Waals surface area contributed by atoms with E-state index in [4.69, 9.17) is 16.3 Å². The minimum atomic E-state index is -0.0826. The van der Waals surface area contributed by atoms with Gasteiger partial charge in [0.2, 0.25) is 0 Å². The van der Waals surface area contributed by atoms with Crippen LogP contribution in [0.15, 0.2) is 18.2 Å². The van der Waals surface area contributed by atoms with Crippen molar-refractivity contribution in [1.82, 2.24) is 9.88 Å². The topological polar surface area (TPSA) is 42.4 Å². The van der Waals surface area contributed by atoms with Gasteiger partial charge in [-0.2, -0.15) is 0 Å². The number of ether oxygens (including phenoxy) is 1. The molecule has 2 heterocycles. The van der Waals surface area contributed by atoms with Crippen LogP contribution in [0, 0.1) is 0 Å². The fraction of sp³-hybridized carbons (Fsp3) is 0.400. The average molecular weight is 227 g/mol. The standard InChI is InChI=1S/C10H11ClN2O2/c11-9-3-1-2-8(12-9)10(14)13-4-6-15-7-5-13/h1-3H,4-7H2. The van der Waals surface area contributed by atoms with Crippen molar-refractivity contribution in [2.75, 3.05) is 26.3 Å². The Morgan fingerprint density at radius 2 is 2.13 bits per heavy atom. The molecule has 0 spiro atoms. The van der Waals surface area contributed by atoms with E-state index in [2.05, 4.69) is 4.98 Å². The number of halogens is 1. The van der Waals surface area contributed by atoms with Crippen LogP contribution in [0.5, 0.6) is 0 Å². The van der Waals surface area contributed by atoms with Crippen molar-refractivity contribution in [3.05, 3.63) is 29.0 Å². The first-order chi connectivity index (χ1) is 7.27. The smallest absolute Gasteiger partial charge is 0.272 e. The van der Waals surface area contributed by atoms with Gasteiger partial charge in [0.15, 0.2) is 0 Å². The van der Waals surface area contributed by atoms with Gasteiger partial charge in [0, 0.05) is 13.1 Å². The SMILES string of the molecule is O=C(c1cccc(Cl)n1)N1CCOCC1. The lowest BCUT2D eigenvalue weighted by molar-refractivity contribution is 0.0299. The van der Waals surface area contributed by atoms with E-state index in [1.807, 2.05) is 0 Å². The first kappa shape index (κ1) is 10.4. The fourth-order valence-electron chi connectivity index (χ4n) is 1.46. The predicted molar refractivity (Wildman–Crippen MR) is 56.0 cm³/mol. The average Bonchev–Trinajstić information content (AvgIpc) is 2.29. The summed E-state index contributed by atoms with van der Waals surface area (Å²) in [6.45, 7) is 2.42. The van der Waals surface area contributed by atoms with Crippen molar-refractivity contribution >= 4 is 17.5 Å². The summed E-state index contributed by atoms with van der Waals surface area (Å²) in [5.74, 6) is -0.0826. The number of hydrogen-bond donors (Lipinski definition) is 0. The number of hydrogen-bond acceptors (Lipinski definition) is 3. The highest BCUT2D eigenvalue weighted by Crippen LogP contribution is 2.09. The molecule has 2 rings (SSSR count). The summed E-state index contributed by atoms with van der Waals surface area (Å²) in [6, 6.07) is 5.05. The van der Waals surface area contributed by atoms with Gasteiger partial charge in [0.05, 0.1) is 13.2 Å². The molecule has 0 aliphatic carbocycles. The quantitative estimate of drug-likeness (QED) is 0.676. The minimum absolute atomic E-state index is 0.0826. The maximum Gasteiger partial charge on any atom is 0.272 e. The molecule has 1 fully saturated rings. The summed E-state index contributed by atoms with van der Waals surface area (Å²) in [7, 11) is 0. The van der Waals surface area contributed by atoms with E-state index in [0.717, 1.165) is 0 Å². The van der Waals surface area contributed by atoms with E-state index in [1.165, 1.54) is 0 Å². The molecule has 80 valence electrons. The van der Waals surface area contributed by atoms with Crippen LogP contribution in [-0.2, 0) is 4.74 Å². The molecule has 0 saturated carbocycles. The molecule has 0 bridgehead atoms. The maximum absolute atomic E-state index is 11.9. The Balaban J connectivity index is 2.12. The number of amides is 1. The molecule has 4 nitrogen and oxygen atoms in total. The van der Waals surface area contributed by atoms with Crippen molar-refractivity contribution in [3.63, 3.8) is 0 Å². The van der Waals surface area contributed by atoms with Gasteiger partial charge in [-0.25, -0.2) is 4.98 Å². The molecule has 1 aromatic heterocycles. The van der Waals surface area contributed by atoms with E-state index < -0.39 is 0 Å². The summed E-state index contributed by atoms with van der Waals surface area (Å²) >= 11 is 5.72. The number of morpholine rings is 1. The third-order valence-electron chi connectivity index (χ3n) is 2.23. The molecule has 1 amide bonds. The molecule has 0 atom stereocenters. The van der Waals surface area contributed by atoms with Gasteiger partial charge in [-0.15, -0.1) is 0 Å². The van der Waals surface area contributed by atoms with Crippen molar-refractivity contribution in [2.45, 2.75) is 0 Å². The highest BCUT2D eigenvalue weighted by atomic mass is 35.5. The molecule has 1 aliphatic rings. The highest BCUT2D eigenvalue weighted by molar-refractivity contribution is 6.29. The van der Waals surface area contributed by atoms with E-state index in [9.17, 15) is 4.79 Å². The highest BCUT2D eigenvalue weighted by Gasteiger charge is 2.19. The van der Waals surface area contributed by atoms with Crippen LogP contribution < -0.4 is 0 Å². The van der Waals surface area contributed by atoms with Crippen molar-refractivity contribution < 1.29 is 9.53 Å². The zero-order valence-electron chi connectivity index (χ0n) is 8.15. The Bertz CT molecular complexity index is 364. The van der Waals surface area contributed by atoms with Gasteiger partial charge >= 0.3 is 0 Å². The predicted octanol–water partition coefficient (Wildman–Crippen LogP) is 1.21. The third kappa shape index (κ3) is 2.46. The molecule has 0 radical (unpaired) electrons. The Morgan fingerprint density at radius 1 is 1.40 bits per heavy atom. The molecule has 0 unspecified atom stereocenters. The summed E-state index contributed by atoms with van der Waals surface area (Å²) < 4.78 is 5.17. The van der Waals surface area contributed by atoms with Gasteiger partial charge in [0.1, 0.15) is 10.8 Å². The van der Waals surface area contributed by atoms with E-state index in [0.29, 0.717) is 37.2 Å². The van der Waals surface area contributed by atoms with Crippen molar-refractivity contribution in [2.24, 2.45) is 0 Å². The van der Waals surface area contributed by atoms with Gasteiger partial charge in [-0.3, -0.25) is 4.79 Å². The maximum atomic E-state index is 11.9. The molecule has 5 heteroatoms. The van der Waals surface area contributed by atoms with Crippen LogP contribution in [-0.4, -0.2) is 42.1 Å². The number of carbonyl (C=O) groups excluding carboxylic acids is 1. The second kappa shape index (κ2) is 4.59. The van der Waals surface area contributed by atoms with E-state index in [1.54, 1.807) is 23.1 Å². The van der Waals surface area contributed by atoms with Gasteiger partial charge in [0.25, 0.3) is 5.91 Å². The Kier molecular flexibility index (Phi) is 3.18. The molecule has 0 aromatic carbocycles. The number of pyridine rings is 1. The zero-order chi connectivity index (χ0) is 10.7. The molecule has 0 N–H and O–H groups in total. The second-order valence-electron chi connectivity index (χ2n) is 3.25. The lowest BCUT2D eigenvalue weighted by Crippen LogP contribution is -2.41. The zero-order valence-corrected chi connectivity index (χ0v) is 8.91. The van der Waals surface area contributed by atoms with Gasteiger partial charge in [-0.05, 0) is 12.1 Å². The van der Waals surface area contributed by atoms with Crippen molar-refractivity contribution in [1.29, 1.82) is 0 Å². The molecule has 1 saturated heterocycles. The first-order valence-electron chi connectivity index (χ1n) is 4.77. The Morgan fingerprint density at radius 3 is 2.80 bits per heavy atom. The number of nitrogens with zero attached hydrogens (tertiary/aromatic N) is 2. The fourth-order valence-corrected chi connectivity index (χ4v) is 1.62. The summed E-state index contributed by atoms with van der Waals surface area (Å²) in [4.78, 5) is 17.6. The normalized spacial score (nSPS) is 16.5. The van der Waals surface area contributed by atoms with Gasteiger partial charge < -0.3 is 9.64 Å². The third-order valence-corrected chi connectivity index (χ3v) is 2.44. The summed E-state index contributed by atoms with van der Waals surface area (Å²) in [6.07, 6.45) is 0. The van der Waals surface area contributed by atoms with Crippen LogP contribution >= 0.6 is 11.6 Å². The molecule has 1 aromatic rings. The first-order valence-corrected chi connectivity index (χ1v) is 5.15. The van der Waals surface area contributed by atoms with E-state index >= 15 is 0 Å². The molecule has 1 aliphatic heterocycles. The van der Waals surface area contributed by atoms with Crippen LogP contribution in [0.1, 0.15) is 10.5 Å². The van der Waals surface area contributed by atoms with Crippen LogP contribution in [0.25, 0.3) is 0 Å². The van der Waals surface area contributed by atoms with E-state index in [-0.39, 0.29) is 5.91 Å². The molecular formula is C10H11ClN2O2. The number of carbonyl (C=O) groups is 1. The Labute approximate surface area is 92.8 Å². The molecular weight excluding hydrogens is 216 g/mol. The van der Waals surface area contributed by atoms with Crippen molar-refractivity contribution in [3.8, 4) is 0 Å². The molecule has 15 heavy (non-hydrogen) atoms.